The fraction of sp³-hybridized carbons (Fsp3) is 0.217. The van der Waals surface area contributed by atoms with E-state index in [1.165, 1.54) is 34.0 Å². The van der Waals surface area contributed by atoms with Crippen molar-refractivity contribution >= 4 is 23.2 Å². The van der Waals surface area contributed by atoms with Crippen molar-refractivity contribution < 1.29 is 22.8 Å². The Balaban J connectivity index is 1.63. The number of benzene rings is 2. The normalized spacial score (nSPS) is 15.7. The molecular weight excluding hydrogens is 435 g/mol. The number of hydrogen-bond donors (Lipinski definition) is 1. The van der Waals surface area contributed by atoms with Crippen molar-refractivity contribution in [2.45, 2.75) is 25.4 Å². The average molecular weight is 453 g/mol. The molecule has 2 amide bonds. The van der Waals surface area contributed by atoms with Crippen LogP contribution >= 0.6 is 0 Å². The zero-order valence-corrected chi connectivity index (χ0v) is 17.4. The molecule has 0 unspecified atom stereocenters. The third-order valence-electron chi connectivity index (χ3n) is 5.37. The van der Waals surface area contributed by atoms with Gasteiger partial charge in [0.1, 0.15) is 5.69 Å². The SMILES string of the molecule is C[C@H]1Cn2ncc(C(=O)Nc3cccc(C#N)c3)c2C(=O)N1c1ccc(C(F)(F)CF)cc1. The molecular formula is C23H18F3N5O2. The molecule has 1 N–H and O–H groups in total. The Kier molecular flexibility index (Phi) is 5.64. The van der Waals surface area contributed by atoms with Crippen LogP contribution in [0.25, 0.3) is 0 Å². The van der Waals surface area contributed by atoms with Gasteiger partial charge >= 0.3 is 5.92 Å². The van der Waals surface area contributed by atoms with Gasteiger partial charge in [-0.2, -0.15) is 19.1 Å². The summed E-state index contributed by atoms with van der Waals surface area (Å²) in [6.45, 7) is 0.223. The Bertz CT molecular complexity index is 1260. The molecule has 7 nitrogen and oxygen atoms in total. The Morgan fingerprint density at radius 3 is 2.67 bits per heavy atom. The zero-order valence-electron chi connectivity index (χ0n) is 17.4. The van der Waals surface area contributed by atoms with E-state index in [-0.39, 0.29) is 23.8 Å². The summed E-state index contributed by atoms with van der Waals surface area (Å²) in [7, 11) is 0. The first-order valence-corrected chi connectivity index (χ1v) is 10.0. The van der Waals surface area contributed by atoms with Gasteiger partial charge in [0.15, 0.2) is 6.67 Å². The zero-order chi connectivity index (χ0) is 23.8. The maximum absolute atomic E-state index is 13.6. The topological polar surface area (TPSA) is 91.0 Å². The second-order valence-electron chi connectivity index (χ2n) is 7.64. The summed E-state index contributed by atoms with van der Waals surface area (Å²) in [6.07, 6.45) is 1.29. The van der Waals surface area contributed by atoms with Crippen molar-refractivity contribution in [2.75, 3.05) is 16.9 Å². The molecule has 1 aliphatic heterocycles. The number of nitrogens with zero attached hydrogens (tertiary/aromatic N) is 4. The van der Waals surface area contributed by atoms with Gasteiger partial charge in [0.25, 0.3) is 11.8 Å². The van der Waals surface area contributed by atoms with Crippen LogP contribution in [0.2, 0.25) is 0 Å². The van der Waals surface area contributed by atoms with E-state index in [2.05, 4.69) is 10.4 Å². The third kappa shape index (κ3) is 4.05. The molecule has 10 heteroatoms. The van der Waals surface area contributed by atoms with E-state index in [4.69, 9.17) is 5.26 Å². The molecule has 168 valence electrons. The number of nitrogens with one attached hydrogen (secondary N) is 1. The van der Waals surface area contributed by atoms with Gasteiger partial charge in [0.05, 0.1) is 36.0 Å². The van der Waals surface area contributed by atoms with Gasteiger partial charge in [-0.15, -0.1) is 0 Å². The Hall–Kier alpha value is -4.13. The smallest absolute Gasteiger partial charge is 0.301 e. The molecule has 4 rings (SSSR count). The monoisotopic (exact) mass is 453 g/mol. The summed E-state index contributed by atoms with van der Waals surface area (Å²) in [4.78, 5) is 27.6. The summed E-state index contributed by atoms with van der Waals surface area (Å²) in [5.74, 6) is -4.71. The number of carbonyl (C=O) groups is 2. The summed E-state index contributed by atoms with van der Waals surface area (Å²) in [5, 5.41) is 15.8. The number of hydrogen-bond acceptors (Lipinski definition) is 4. The van der Waals surface area contributed by atoms with Crippen LogP contribution in [0, 0.1) is 11.3 Å². The first-order chi connectivity index (χ1) is 15.7. The number of alkyl halides is 3. The lowest BCUT2D eigenvalue weighted by Gasteiger charge is -2.34. The molecule has 0 saturated carbocycles. The first kappa shape index (κ1) is 22.1. The predicted octanol–water partition coefficient (Wildman–Crippen LogP) is 4.12. The van der Waals surface area contributed by atoms with Crippen molar-refractivity contribution in [3.63, 3.8) is 0 Å². The van der Waals surface area contributed by atoms with E-state index >= 15 is 0 Å². The summed E-state index contributed by atoms with van der Waals surface area (Å²) >= 11 is 0. The van der Waals surface area contributed by atoms with E-state index in [1.807, 2.05) is 6.07 Å². The van der Waals surface area contributed by atoms with Crippen LogP contribution in [0.1, 0.15) is 38.9 Å². The number of fused-ring (bicyclic) bond motifs is 1. The summed E-state index contributed by atoms with van der Waals surface area (Å²) in [5.41, 5.74) is 0.696. The minimum Gasteiger partial charge on any atom is -0.322 e. The molecule has 0 saturated heterocycles. The number of anilines is 2. The minimum absolute atomic E-state index is 0.0415. The van der Waals surface area contributed by atoms with E-state index in [0.717, 1.165) is 12.1 Å². The molecule has 1 atom stereocenters. The van der Waals surface area contributed by atoms with Crippen molar-refractivity contribution in [1.82, 2.24) is 9.78 Å². The molecule has 0 aliphatic carbocycles. The Morgan fingerprint density at radius 1 is 1.27 bits per heavy atom. The highest BCUT2D eigenvalue weighted by molar-refractivity contribution is 6.15. The molecule has 0 radical (unpaired) electrons. The van der Waals surface area contributed by atoms with Crippen LogP contribution in [-0.2, 0) is 12.5 Å². The average Bonchev–Trinajstić information content (AvgIpc) is 3.24. The molecule has 3 aromatic rings. The predicted molar refractivity (Wildman–Crippen MR) is 114 cm³/mol. The van der Waals surface area contributed by atoms with E-state index in [0.29, 0.717) is 16.9 Å². The van der Waals surface area contributed by atoms with Gasteiger partial charge in [-0.25, -0.2) is 4.39 Å². The Morgan fingerprint density at radius 2 is 2.00 bits per heavy atom. The first-order valence-electron chi connectivity index (χ1n) is 10.0. The van der Waals surface area contributed by atoms with Crippen molar-refractivity contribution in [2.24, 2.45) is 0 Å². The number of carbonyl (C=O) groups excluding carboxylic acids is 2. The van der Waals surface area contributed by atoms with Gasteiger partial charge in [0, 0.05) is 16.9 Å². The van der Waals surface area contributed by atoms with Crippen LogP contribution in [0.5, 0.6) is 0 Å². The van der Waals surface area contributed by atoms with Crippen LogP contribution in [0.15, 0.2) is 54.7 Å². The second-order valence-corrected chi connectivity index (χ2v) is 7.64. The Labute approximate surface area is 187 Å². The maximum Gasteiger partial charge on any atom is 0.301 e. The van der Waals surface area contributed by atoms with Crippen LogP contribution in [0.3, 0.4) is 0 Å². The molecule has 1 aliphatic rings. The van der Waals surface area contributed by atoms with Crippen molar-refractivity contribution in [3.05, 3.63) is 77.1 Å². The quantitative estimate of drug-likeness (QED) is 0.629. The summed E-state index contributed by atoms with van der Waals surface area (Å²) in [6, 6.07) is 12.7. The fourth-order valence-electron chi connectivity index (χ4n) is 3.74. The van der Waals surface area contributed by atoms with Crippen LogP contribution in [0.4, 0.5) is 24.5 Å². The van der Waals surface area contributed by atoms with Gasteiger partial charge in [0.2, 0.25) is 0 Å². The number of amides is 2. The molecule has 2 aromatic carbocycles. The highest BCUT2D eigenvalue weighted by Crippen LogP contribution is 2.32. The van der Waals surface area contributed by atoms with Gasteiger partial charge in [-0.1, -0.05) is 18.2 Å². The molecule has 0 bridgehead atoms. The summed E-state index contributed by atoms with van der Waals surface area (Å²) < 4.78 is 41.2. The number of nitriles is 1. The lowest BCUT2D eigenvalue weighted by atomic mass is 10.1. The van der Waals surface area contributed by atoms with Crippen LogP contribution in [-0.4, -0.2) is 34.3 Å². The maximum atomic E-state index is 13.6. The van der Waals surface area contributed by atoms with E-state index in [9.17, 15) is 22.8 Å². The lowest BCUT2D eigenvalue weighted by molar-refractivity contribution is -0.0280. The highest BCUT2D eigenvalue weighted by Gasteiger charge is 2.37. The second kappa shape index (κ2) is 8.43. The van der Waals surface area contributed by atoms with Crippen molar-refractivity contribution in [3.8, 4) is 6.07 Å². The highest BCUT2D eigenvalue weighted by atomic mass is 19.3. The van der Waals surface area contributed by atoms with Crippen LogP contribution < -0.4 is 10.2 Å². The molecule has 0 fully saturated rings. The van der Waals surface area contributed by atoms with Gasteiger partial charge < -0.3 is 10.2 Å². The molecule has 1 aromatic heterocycles. The molecule has 0 spiro atoms. The fourth-order valence-corrected chi connectivity index (χ4v) is 3.74. The lowest BCUT2D eigenvalue weighted by Crippen LogP contribution is -2.47. The number of halogens is 3. The standard InChI is InChI=1S/C23H18F3N5O2/c1-14-12-30-20(19(11-28-30)21(32)29-17-4-2-3-15(9-17)10-27)22(33)31(14)18-7-5-16(6-8-18)23(25,26)13-24/h2-9,11,14H,12-13H2,1H3,(H,29,32)/t14-/m0/s1. The van der Waals surface area contributed by atoms with E-state index < -0.39 is 30.0 Å². The third-order valence-corrected chi connectivity index (χ3v) is 5.37. The minimum atomic E-state index is -3.61. The molecule has 33 heavy (non-hydrogen) atoms. The number of aromatic nitrogens is 2. The van der Waals surface area contributed by atoms with E-state index in [1.54, 1.807) is 25.1 Å². The number of rotatable bonds is 5. The van der Waals surface area contributed by atoms with Crippen molar-refractivity contribution in [1.29, 1.82) is 5.26 Å². The largest absolute Gasteiger partial charge is 0.322 e. The van der Waals surface area contributed by atoms with Gasteiger partial charge in [-0.05, 0) is 37.3 Å². The molecule has 2 heterocycles. The van der Waals surface area contributed by atoms with Gasteiger partial charge in [-0.3, -0.25) is 14.3 Å².